The number of carbonyl (C=O) groups is 3. The van der Waals surface area contributed by atoms with Gasteiger partial charge in [0.15, 0.2) is 12.3 Å². The Balaban J connectivity index is 1.46. The topological polar surface area (TPSA) is 195 Å². The summed E-state index contributed by atoms with van der Waals surface area (Å²) in [4.78, 5) is 58.0. The van der Waals surface area contributed by atoms with Gasteiger partial charge in [0.05, 0.1) is 11.1 Å². The van der Waals surface area contributed by atoms with Gasteiger partial charge in [0.25, 0.3) is 5.91 Å². The summed E-state index contributed by atoms with van der Waals surface area (Å²) in [7, 11) is 0. The minimum Gasteiger partial charge on any atom is -0.459 e. The molecule has 0 aliphatic carbocycles. The van der Waals surface area contributed by atoms with Crippen LogP contribution in [0.15, 0.2) is 113 Å². The van der Waals surface area contributed by atoms with Crippen LogP contribution in [0.4, 0.5) is 5.82 Å². The third-order valence-electron chi connectivity index (χ3n) is 6.65. The molecule has 14 nitrogen and oxygen atoms in total. The summed E-state index contributed by atoms with van der Waals surface area (Å²) in [5.74, 6) is -2.30. The van der Waals surface area contributed by atoms with Crippen molar-refractivity contribution in [3.05, 3.63) is 141 Å². The number of rotatable bonds is 9. The van der Waals surface area contributed by atoms with Gasteiger partial charge in [0, 0.05) is 16.7 Å². The van der Waals surface area contributed by atoms with Crippen molar-refractivity contribution < 1.29 is 33.7 Å². The van der Waals surface area contributed by atoms with E-state index in [1.165, 1.54) is 36.5 Å². The smallest absolute Gasteiger partial charge is 0.351 e. The largest absolute Gasteiger partial charge is 0.459 e. The maximum Gasteiger partial charge on any atom is 0.351 e. The first-order chi connectivity index (χ1) is 21.3. The molecule has 1 aliphatic rings. The van der Waals surface area contributed by atoms with Gasteiger partial charge < -0.3 is 24.6 Å². The third-order valence-corrected chi connectivity index (χ3v) is 6.65. The fourth-order valence-electron chi connectivity index (χ4n) is 4.45. The fourth-order valence-corrected chi connectivity index (χ4v) is 4.45. The molecule has 0 spiro atoms. The van der Waals surface area contributed by atoms with E-state index in [1.54, 1.807) is 66.7 Å². The number of esters is 2. The van der Waals surface area contributed by atoms with Crippen molar-refractivity contribution in [2.75, 3.05) is 11.9 Å². The number of aromatic nitrogens is 2. The van der Waals surface area contributed by atoms with Gasteiger partial charge in [0.2, 0.25) is 5.72 Å². The molecule has 1 fully saturated rings. The van der Waals surface area contributed by atoms with Crippen molar-refractivity contribution in [3.63, 3.8) is 0 Å². The van der Waals surface area contributed by atoms with Crippen LogP contribution >= 0.6 is 0 Å². The number of anilines is 1. The normalized spacial score (nSPS) is 20.6. The molecule has 44 heavy (non-hydrogen) atoms. The van der Waals surface area contributed by atoms with Gasteiger partial charge in [-0.15, -0.1) is 0 Å². The molecule has 4 atom stereocenters. The maximum absolute atomic E-state index is 13.2. The predicted molar refractivity (Wildman–Crippen MR) is 153 cm³/mol. The molecular formula is C30H24N6O8. The summed E-state index contributed by atoms with van der Waals surface area (Å²) < 4.78 is 17.7. The van der Waals surface area contributed by atoms with E-state index in [0.29, 0.717) is 5.56 Å². The van der Waals surface area contributed by atoms with Crippen LogP contribution in [0.1, 0.15) is 37.3 Å². The lowest BCUT2D eigenvalue weighted by Gasteiger charge is -2.26. The highest BCUT2D eigenvalue weighted by Crippen LogP contribution is 2.40. The average molecular weight is 597 g/mol. The molecule has 2 heterocycles. The van der Waals surface area contributed by atoms with Crippen molar-refractivity contribution >= 4 is 23.7 Å². The van der Waals surface area contributed by atoms with Gasteiger partial charge >= 0.3 is 17.6 Å². The number of azide groups is 1. The van der Waals surface area contributed by atoms with Gasteiger partial charge in [-0.2, -0.15) is 4.98 Å². The average Bonchev–Trinajstić information content (AvgIpc) is 3.31. The highest BCUT2D eigenvalue weighted by Gasteiger charge is 2.58. The molecule has 2 N–H and O–H groups in total. The summed E-state index contributed by atoms with van der Waals surface area (Å²) in [5, 5.41) is 17.5. The molecule has 14 heteroatoms. The molecule has 3 aromatic carbocycles. The minimum atomic E-state index is -2.31. The highest BCUT2D eigenvalue weighted by molar-refractivity contribution is 6.03. The molecule has 1 aromatic heterocycles. The summed E-state index contributed by atoms with van der Waals surface area (Å²) in [6.07, 6.45) is -3.96. The molecule has 0 saturated carbocycles. The van der Waals surface area contributed by atoms with Crippen LogP contribution in [-0.4, -0.2) is 57.0 Å². The van der Waals surface area contributed by atoms with Crippen LogP contribution in [0.25, 0.3) is 10.4 Å². The Morgan fingerprint density at radius 3 is 2.07 bits per heavy atom. The number of nitrogens with one attached hydrogen (secondary N) is 1. The van der Waals surface area contributed by atoms with E-state index < -0.39 is 54.3 Å². The zero-order valence-electron chi connectivity index (χ0n) is 22.8. The Hall–Kier alpha value is -5.82. The van der Waals surface area contributed by atoms with Gasteiger partial charge in [0.1, 0.15) is 18.5 Å². The molecule has 1 amide bonds. The van der Waals surface area contributed by atoms with E-state index in [9.17, 15) is 29.8 Å². The number of ether oxygens (including phenoxy) is 3. The van der Waals surface area contributed by atoms with Crippen LogP contribution in [0.5, 0.6) is 0 Å². The SMILES string of the molecule is [N-]=[N+]=N[C@]1(COC(=O)c2ccccc2)O[C@@H](n2ccc(NC(=O)c3ccccc3)nc2=O)[C@H](OC(=O)c2ccccc2)[C@@H]1O. The highest BCUT2D eigenvalue weighted by atomic mass is 16.6. The zero-order valence-corrected chi connectivity index (χ0v) is 22.8. The Morgan fingerprint density at radius 1 is 0.932 bits per heavy atom. The summed E-state index contributed by atoms with van der Waals surface area (Å²) >= 11 is 0. The molecule has 0 unspecified atom stereocenters. The van der Waals surface area contributed by atoms with E-state index in [4.69, 9.17) is 14.2 Å². The van der Waals surface area contributed by atoms with Gasteiger partial charge in [-0.25, -0.2) is 14.4 Å². The number of aliphatic hydroxyl groups is 1. The summed E-state index contributed by atoms with van der Waals surface area (Å²) in [6, 6.07) is 25.3. The van der Waals surface area contributed by atoms with Crippen LogP contribution < -0.4 is 11.0 Å². The molecule has 1 aliphatic heterocycles. The number of amides is 1. The van der Waals surface area contributed by atoms with E-state index in [2.05, 4.69) is 20.3 Å². The second kappa shape index (κ2) is 13.0. The van der Waals surface area contributed by atoms with E-state index >= 15 is 0 Å². The van der Waals surface area contributed by atoms with Gasteiger partial charge in [-0.05, 0) is 48.0 Å². The Bertz CT molecular complexity index is 1760. The van der Waals surface area contributed by atoms with E-state index in [-0.39, 0.29) is 16.9 Å². The van der Waals surface area contributed by atoms with Gasteiger partial charge in [-0.1, -0.05) is 59.7 Å². The number of aliphatic hydroxyl groups excluding tert-OH is 1. The van der Waals surface area contributed by atoms with Crippen molar-refractivity contribution in [2.24, 2.45) is 5.11 Å². The van der Waals surface area contributed by atoms with E-state index in [0.717, 1.165) is 4.57 Å². The Kier molecular flexibility index (Phi) is 8.77. The Morgan fingerprint density at radius 2 is 1.50 bits per heavy atom. The van der Waals surface area contributed by atoms with Crippen LogP contribution in [0.2, 0.25) is 0 Å². The molecule has 0 radical (unpaired) electrons. The number of hydrogen-bond donors (Lipinski definition) is 2. The number of carbonyl (C=O) groups excluding carboxylic acids is 3. The molecule has 0 bridgehead atoms. The maximum atomic E-state index is 13.2. The molecule has 1 saturated heterocycles. The first kappa shape index (κ1) is 29.7. The molecular weight excluding hydrogens is 572 g/mol. The Labute approximate surface area is 249 Å². The quantitative estimate of drug-likeness (QED) is 0.126. The molecule has 222 valence electrons. The third kappa shape index (κ3) is 6.32. The second-order valence-corrected chi connectivity index (χ2v) is 9.49. The lowest BCUT2D eigenvalue weighted by atomic mass is 10.1. The van der Waals surface area contributed by atoms with Crippen molar-refractivity contribution in [1.82, 2.24) is 9.55 Å². The lowest BCUT2D eigenvalue weighted by molar-refractivity contribution is -0.127. The van der Waals surface area contributed by atoms with Crippen LogP contribution in [0.3, 0.4) is 0 Å². The van der Waals surface area contributed by atoms with Crippen LogP contribution in [0, 0.1) is 0 Å². The number of benzene rings is 3. The predicted octanol–water partition coefficient (Wildman–Crippen LogP) is 3.47. The first-order valence-corrected chi connectivity index (χ1v) is 13.2. The van der Waals surface area contributed by atoms with Crippen molar-refractivity contribution in [2.45, 2.75) is 24.2 Å². The lowest BCUT2D eigenvalue weighted by Crippen LogP contribution is -2.46. The summed E-state index contributed by atoms with van der Waals surface area (Å²) in [5.41, 5.74) is 6.71. The molecule has 5 rings (SSSR count). The minimum absolute atomic E-state index is 0.0884. The fraction of sp³-hybridized carbons (Fsp3) is 0.167. The first-order valence-electron chi connectivity index (χ1n) is 13.2. The monoisotopic (exact) mass is 596 g/mol. The number of hydrogen-bond acceptors (Lipinski definition) is 10. The van der Waals surface area contributed by atoms with Crippen LogP contribution in [-0.2, 0) is 14.2 Å². The summed E-state index contributed by atoms with van der Waals surface area (Å²) in [6.45, 7) is -0.796. The van der Waals surface area contributed by atoms with Gasteiger partial charge in [-0.3, -0.25) is 9.36 Å². The van der Waals surface area contributed by atoms with Crippen molar-refractivity contribution in [3.8, 4) is 0 Å². The van der Waals surface area contributed by atoms with Crippen molar-refractivity contribution in [1.29, 1.82) is 0 Å². The second-order valence-electron chi connectivity index (χ2n) is 9.49. The van der Waals surface area contributed by atoms with E-state index in [1.807, 2.05) is 0 Å². The standard InChI is InChI=1S/C30H24N6O8/c31-35-34-30(18-42-27(39)20-12-6-2-7-13-20)24(37)23(43-28(40)21-14-8-3-9-15-21)26(44-30)36-17-16-22(33-29(36)41)32-25(38)19-10-4-1-5-11-19/h1-17,23-24,26,37H,18H2,(H,32,33,38,41)/t23-,24+,26-,30-/m1/s1. The molecule has 4 aromatic rings. The number of nitrogens with zero attached hydrogens (tertiary/aromatic N) is 5. The zero-order chi connectivity index (χ0) is 31.1.